The number of rotatable bonds is 4. The second-order valence-corrected chi connectivity index (χ2v) is 3.89. The van der Waals surface area contributed by atoms with E-state index >= 15 is 0 Å². The minimum atomic E-state index is -0.456. The van der Waals surface area contributed by atoms with Crippen molar-refractivity contribution in [3.63, 3.8) is 0 Å². The molecule has 0 aromatic heterocycles. The smallest absolute Gasteiger partial charge is 0.159 e. The summed E-state index contributed by atoms with van der Waals surface area (Å²) in [6.07, 6.45) is -0.456. The van der Waals surface area contributed by atoms with Gasteiger partial charge < -0.3 is 10.4 Å². The first kappa shape index (κ1) is 12.0. The van der Waals surface area contributed by atoms with Crippen molar-refractivity contribution in [2.45, 2.75) is 20.0 Å². The number of halogens is 1. The number of hydrogen-bond donors (Lipinski definition) is 2. The highest BCUT2D eigenvalue weighted by Crippen LogP contribution is 2.23. The van der Waals surface area contributed by atoms with Crippen LogP contribution in [0, 0.1) is 0 Å². The summed E-state index contributed by atoms with van der Waals surface area (Å²) < 4.78 is 0. The second kappa shape index (κ2) is 5.14. The van der Waals surface area contributed by atoms with Gasteiger partial charge in [0.1, 0.15) is 0 Å². The van der Waals surface area contributed by atoms with Crippen LogP contribution in [0.2, 0.25) is 5.02 Å². The zero-order valence-electron chi connectivity index (χ0n) is 8.75. The summed E-state index contributed by atoms with van der Waals surface area (Å²) >= 11 is 5.93. The van der Waals surface area contributed by atoms with E-state index in [1.807, 2.05) is 0 Å². The molecular weight excluding hydrogens is 214 g/mol. The minimum Gasteiger partial charge on any atom is -0.392 e. The zero-order chi connectivity index (χ0) is 11.4. The molecule has 15 heavy (non-hydrogen) atoms. The van der Waals surface area contributed by atoms with E-state index in [-0.39, 0.29) is 5.78 Å². The summed E-state index contributed by atoms with van der Waals surface area (Å²) in [7, 11) is 0. The third kappa shape index (κ3) is 3.53. The highest BCUT2D eigenvalue weighted by molar-refractivity contribution is 6.33. The summed E-state index contributed by atoms with van der Waals surface area (Å²) in [6, 6.07) is 5.04. The molecule has 3 nitrogen and oxygen atoms in total. The number of carbonyl (C=O) groups is 1. The predicted molar refractivity (Wildman–Crippen MR) is 61.6 cm³/mol. The van der Waals surface area contributed by atoms with Crippen LogP contribution in [0.4, 0.5) is 5.69 Å². The van der Waals surface area contributed by atoms with Crippen molar-refractivity contribution >= 4 is 23.1 Å². The lowest BCUT2D eigenvalue weighted by Crippen LogP contribution is -2.15. The van der Waals surface area contributed by atoms with Crippen molar-refractivity contribution < 1.29 is 9.90 Å². The quantitative estimate of drug-likeness (QED) is 0.777. The van der Waals surface area contributed by atoms with Crippen molar-refractivity contribution in [1.29, 1.82) is 0 Å². The molecule has 0 spiro atoms. The van der Waals surface area contributed by atoms with Crippen molar-refractivity contribution in [3.8, 4) is 0 Å². The third-order valence-electron chi connectivity index (χ3n) is 1.96. The van der Waals surface area contributed by atoms with Gasteiger partial charge in [0.2, 0.25) is 0 Å². The van der Waals surface area contributed by atoms with Crippen LogP contribution >= 0.6 is 11.6 Å². The summed E-state index contributed by atoms with van der Waals surface area (Å²) in [5.74, 6) is -0.00763. The Hall–Kier alpha value is -1.06. The number of nitrogens with one attached hydrogen (secondary N) is 1. The Kier molecular flexibility index (Phi) is 4.12. The fraction of sp³-hybridized carbons (Fsp3) is 0.364. The molecule has 0 amide bonds. The highest BCUT2D eigenvalue weighted by atomic mass is 35.5. The molecule has 0 bridgehead atoms. The van der Waals surface area contributed by atoms with Gasteiger partial charge in [-0.05, 0) is 32.0 Å². The molecule has 82 valence electrons. The fourth-order valence-corrected chi connectivity index (χ4v) is 1.32. The lowest BCUT2D eigenvalue weighted by atomic mass is 10.1. The Balaban J connectivity index is 2.85. The Morgan fingerprint density at radius 3 is 2.80 bits per heavy atom. The van der Waals surface area contributed by atoms with Crippen molar-refractivity contribution in [3.05, 3.63) is 28.8 Å². The summed E-state index contributed by atoms with van der Waals surface area (Å²) in [5, 5.41) is 12.6. The highest BCUT2D eigenvalue weighted by Gasteiger charge is 2.05. The fourth-order valence-electron chi connectivity index (χ4n) is 1.14. The molecule has 0 aliphatic carbocycles. The number of Topliss-reactive ketones (excluding diaryl/α,β-unsaturated/α-hetero) is 1. The van der Waals surface area contributed by atoms with E-state index in [4.69, 9.17) is 16.7 Å². The number of aliphatic hydroxyl groups excluding tert-OH is 1. The van der Waals surface area contributed by atoms with Gasteiger partial charge in [-0.1, -0.05) is 11.6 Å². The van der Waals surface area contributed by atoms with Crippen LogP contribution in [-0.4, -0.2) is 23.5 Å². The molecule has 0 aliphatic heterocycles. The van der Waals surface area contributed by atoms with Crippen molar-refractivity contribution in [2.75, 3.05) is 11.9 Å². The van der Waals surface area contributed by atoms with E-state index in [9.17, 15) is 4.79 Å². The molecule has 1 unspecified atom stereocenters. The first-order valence-corrected chi connectivity index (χ1v) is 5.11. The lowest BCUT2D eigenvalue weighted by Gasteiger charge is -2.10. The number of hydrogen-bond acceptors (Lipinski definition) is 3. The molecule has 1 aromatic rings. The van der Waals surface area contributed by atoms with Gasteiger partial charge >= 0.3 is 0 Å². The summed E-state index contributed by atoms with van der Waals surface area (Å²) in [6.45, 7) is 3.58. The van der Waals surface area contributed by atoms with E-state index in [0.717, 1.165) is 0 Å². The van der Waals surface area contributed by atoms with Gasteiger partial charge in [0.05, 0.1) is 16.8 Å². The molecule has 0 radical (unpaired) electrons. The van der Waals surface area contributed by atoms with Crippen LogP contribution in [0.5, 0.6) is 0 Å². The number of anilines is 1. The maximum absolute atomic E-state index is 11.1. The summed E-state index contributed by atoms with van der Waals surface area (Å²) in [4.78, 5) is 11.1. The van der Waals surface area contributed by atoms with Gasteiger partial charge in [-0.15, -0.1) is 0 Å². The summed E-state index contributed by atoms with van der Waals surface area (Å²) in [5.41, 5.74) is 1.28. The minimum absolute atomic E-state index is 0.00763. The Morgan fingerprint density at radius 1 is 1.60 bits per heavy atom. The van der Waals surface area contributed by atoms with E-state index in [1.165, 1.54) is 6.92 Å². The molecule has 0 saturated carbocycles. The largest absolute Gasteiger partial charge is 0.392 e. The van der Waals surface area contributed by atoms with Crippen LogP contribution < -0.4 is 5.32 Å². The van der Waals surface area contributed by atoms with Crippen LogP contribution in [0.1, 0.15) is 24.2 Å². The third-order valence-corrected chi connectivity index (χ3v) is 2.29. The Labute approximate surface area is 94.1 Å². The molecule has 0 heterocycles. The average molecular weight is 228 g/mol. The van der Waals surface area contributed by atoms with Gasteiger partial charge in [-0.25, -0.2) is 0 Å². The Morgan fingerprint density at radius 2 is 2.27 bits per heavy atom. The predicted octanol–water partition coefficient (Wildman–Crippen LogP) is 2.34. The molecule has 0 aliphatic rings. The number of aliphatic hydroxyl groups is 1. The average Bonchev–Trinajstić information content (AvgIpc) is 2.16. The second-order valence-electron chi connectivity index (χ2n) is 3.48. The number of ketones is 1. The maximum atomic E-state index is 11.1. The lowest BCUT2D eigenvalue weighted by molar-refractivity contribution is 0.101. The van der Waals surface area contributed by atoms with Gasteiger partial charge in [-0.2, -0.15) is 0 Å². The molecule has 0 fully saturated rings. The molecule has 2 N–H and O–H groups in total. The first-order chi connectivity index (χ1) is 7.00. The number of benzene rings is 1. The molecule has 1 rings (SSSR count). The molecule has 0 saturated heterocycles. The molecule has 1 aromatic carbocycles. The van der Waals surface area contributed by atoms with Crippen molar-refractivity contribution in [2.24, 2.45) is 0 Å². The SMILES string of the molecule is CC(=O)c1ccc(Cl)c(NCC(C)O)c1. The topological polar surface area (TPSA) is 49.3 Å². The maximum Gasteiger partial charge on any atom is 0.159 e. The van der Waals surface area contributed by atoms with E-state index < -0.39 is 6.10 Å². The zero-order valence-corrected chi connectivity index (χ0v) is 9.51. The first-order valence-electron chi connectivity index (χ1n) is 4.73. The van der Waals surface area contributed by atoms with Crippen LogP contribution in [-0.2, 0) is 0 Å². The normalized spacial score (nSPS) is 12.3. The molecule has 4 heteroatoms. The van der Waals surface area contributed by atoms with E-state index in [2.05, 4.69) is 5.32 Å². The van der Waals surface area contributed by atoms with Crippen LogP contribution in [0.3, 0.4) is 0 Å². The Bertz CT molecular complexity index is 364. The van der Waals surface area contributed by atoms with Gasteiger partial charge in [-0.3, -0.25) is 4.79 Å². The van der Waals surface area contributed by atoms with Gasteiger partial charge in [0, 0.05) is 12.1 Å². The van der Waals surface area contributed by atoms with E-state index in [1.54, 1.807) is 25.1 Å². The van der Waals surface area contributed by atoms with Gasteiger partial charge in [0.15, 0.2) is 5.78 Å². The van der Waals surface area contributed by atoms with Crippen molar-refractivity contribution in [1.82, 2.24) is 0 Å². The molecular formula is C11H14ClNO2. The van der Waals surface area contributed by atoms with Crippen LogP contribution in [0.15, 0.2) is 18.2 Å². The molecule has 1 atom stereocenters. The van der Waals surface area contributed by atoms with E-state index in [0.29, 0.717) is 22.8 Å². The van der Waals surface area contributed by atoms with Gasteiger partial charge in [0.25, 0.3) is 0 Å². The monoisotopic (exact) mass is 227 g/mol. The van der Waals surface area contributed by atoms with Crippen LogP contribution in [0.25, 0.3) is 0 Å². The number of carbonyl (C=O) groups excluding carboxylic acids is 1. The standard InChI is InChI=1S/C11H14ClNO2/c1-7(14)6-13-11-5-9(8(2)15)3-4-10(11)12/h3-5,7,13-14H,6H2,1-2H3.